The van der Waals surface area contributed by atoms with Crippen molar-refractivity contribution in [2.24, 2.45) is 0 Å². The van der Waals surface area contributed by atoms with E-state index < -0.39 is 0 Å². The summed E-state index contributed by atoms with van der Waals surface area (Å²) in [7, 11) is 0. The Kier molecular flexibility index (Phi) is 2.49. The number of hydrogen-bond acceptors (Lipinski definition) is 1. The number of benzene rings is 2. The van der Waals surface area contributed by atoms with Crippen LogP contribution in [0.4, 0.5) is 0 Å². The molecule has 16 heavy (non-hydrogen) atoms. The van der Waals surface area contributed by atoms with Gasteiger partial charge in [-0.25, -0.2) is 0 Å². The lowest BCUT2D eigenvalue weighted by Gasteiger charge is -2.07. The molecule has 0 saturated carbocycles. The average molecular weight is 226 g/mol. The van der Waals surface area contributed by atoms with Gasteiger partial charge in [0.25, 0.3) is 0 Å². The molecule has 1 aliphatic rings. The Morgan fingerprint density at radius 1 is 0.750 bits per heavy atom. The van der Waals surface area contributed by atoms with E-state index in [4.69, 9.17) is 0 Å². The maximum atomic E-state index is 4.56. The smallest absolute Gasteiger partial charge is 0.00750 e. The summed E-state index contributed by atoms with van der Waals surface area (Å²) in [5.41, 5.74) is 5.84. The Balaban J connectivity index is 2.12. The second kappa shape index (κ2) is 3.99. The molecule has 0 fully saturated rings. The third-order valence-electron chi connectivity index (χ3n) is 3.39. The van der Waals surface area contributed by atoms with Gasteiger partial charge in [-0.05, 0) is 47.6 Å². The SMILES string of the molecule is Sc1cccc2c1CCc1ccccc1C2. The number of thiol groups is 1. The molecule has 0 aromatic heterocycles. The molecule has 80 valence electrons. The lowest BCUT2D eigenvalue weighted by atomic mass is 10.0. The first-order chi connectivity index (χ1) is 7.84. The molecular weight excluding hydrogens is 212 g/mol. The van der Waals surface area contributed by atoms with Crippen LogP contribution in [0.5, 0.6) is 0 Å². The largest absolute Gasteiger partial charge is 0.143 e. The first kappa shape index (κ1) is 9.98. The van der Waals surface area contributed by atoms with Crippen LogP contribution in [0, 0.1) is 0 Å². The van der Waals surface area contributed by atoms with Crippen LogP contribution in [0.15, 0.2) is 47.4 Å². The normalized spacial score (nSPS) is 13.8. The second-order valence-electron chi connectivity index (χ2n) is 4.36. The highest BCUT2D eigenvalue weighted by Gasteiger charge is 2.13. The van der Waals surface area contributed by atoms with Gasteiger partial charge in [0.2, 0.25) is 0 Å². The van der Waals surface area contributed by atoms with Crippen molar-refractivity contribution in [3.63, 3.8) is 0 Å². The summed E-state index contributed by atoms with van der Waals surface area (Å²) < 4.78 is 0. The summed E-state index contributed by atoms with van der Waals surface area (Å²) in [4.78, 5) is 1.14. The quantitative estimate of drug-likeness (QED) is 0.651. The molecule has 0 radical (unpaired) electrons. The highest BCUT2D eigenvalue weighted by Crippen LogP contribution is 2.27. The monoisotopic (exact) mass is 226 g/mol. The van der Waals surface area contributed by atoms with Gasteiger partial charge in [-0.15, -0.1) is 12.6 Å². The van der Waals surface area contributed by atoms with Gasteiger partial charge in [0.05, 0.1) is 0 Å². The Morgan fingerprint density at radius 3 is 2.38 bits per heavy atom. The molecule has 2 aromatic rings. The summed E-state index contributed by atoms with van der Waals surface area (Å²) in [6.07, 6.45) is 3.31. The molecule has 0 heterocycles. The van der Waals surface area contributed by atoms with Crippen LogP contribution in [0.2, 0.25) is 0 Å². The van der Waals surface area contributed by atoms with E-state index in [1.54, 1.807) is 0 Å². The van der Waals surface area contributed by atoms with E-state index in [9.17, 15) is 0 Å². The van der Waals surface area contributed by atoms with Crippen molar-refractivity contribution in [2.75, 3.05) is 0 Å². The molecule has 0 N–H and O–H groups in total. The molecule has 0 atom stereocenters. The topological polar surface area (TPSA) is 0 Å². The number of hydrogen-bond donors (Lipinski definition) is 1. The minimum atomic E-state index is 1.06. The molecule has 2 aromatic carbocycles. The summed E-state index contributed by atoms with van der Waals surface area (Å²) in [5, 5.41) is 0. The number of rotatable bonds is 0. The molecule has 0 aliphatic heterocycles. The van der Waals surface area contributed by atoms with Crippen LogP contribution in [0.3, 0.4) is 0 Å². The third-order valence-corrected chi connectivity index (χ3v) is 3.81. The van der Waals surface area contributed by atoms with Crippen molar-refractivity contribution in [3.8, 4) is 0 Å². The fourth-order valence-electron chi connectivity index (χ4n) is 2.51. The Morgan fingerprint density at radius 2 is 1.50 bits per heavy atom. The third kappa shape index (κ3) is 1.65. The zero-order chi connectivity index (χ0) is 11.0. The predicted octanol–water partition coefficient (Wildman–Crippen LogP) is 3.66. The molecule has 1 aliphatic carbocycles. The van der Waals surface area contributed by atoms with E-state index in [1.807, 2.05) is 0 Å². The Hall–Kier alpha value is -1.21. The van der Waals surface area contributed by atoms with Crippen molar-refractivity contribution >= 4 is 12.6 Å². The predicted molar refractivity (Wildman–Crippen MR) is 70.4 cm³/mol. The van der Waals surface area contributed by atoms with Gasteiger partial charge in [0, 0.05) is 4.90 Å². The van der Waals surface area contributed by atoms with Gasteiger partial charge < -0.3 is 0 Å². The zero-order valence-electron chi connectivity index (χ0n) is 9.11. The van der Waals surface area contributed by atoms with Gasteiger partial charge >= 0.3 is 0 Å². The van der Waals surface area contributed by atoms with E-state index in [1.165, 1.54) is 22.3 Å². The van der Waals surface area contributed by atoms with Crippen molar-refractivity contribution in [1.29, 1.82) is 0 Å². The summed E-state index contributed by atoms with van der Waals surface area (Å²) in [5.74, 6) is 0. The highest BCUT2D eigenvalue weighted by molar-refractivity contribution is 7.80. The van der Waals surface area contributed by atoms with Crippen molar-refractivity contribution < 1.29 is 0 Å². The average Bonchev–Trinajstić information content (AvgIpc) is 2.48. The Labute approximate surface area is 102 Å². The van der Waals surface area contributed by atoms with Gasteiger partial charge in [-0.1, -0.05) is 36.4 Å². The van der Waals surface area contributed by atoms with Crippen molar-refractivity contribution in [3.05, 3.63) is 64.7 Å². The highest BCUT2D eigenvalue weighted by atomic mass is 32.1. The van der Waals surface area contributed by atoms with Crippen LogP contribution >= 0.6 is 12.6 Å². The van der Waals surface area contributed by atoms with E-state index in [-0.39, 0.29) is 0 Å². The van der Waals surface area contributed by atoms with Crippen LogP contribution in [-0.2, 0) is 19.3 Å². The molecule has 0 amide bonds. The fourth-order valence-corrected chi connectivity index (χ4v) is 2.86. The standard InChI is InChI=1S/C15H14S/c16-15-7-3-6-13-10-12-5-2-1-4-11(12)8-9-14(13)15/h1-7,16H,8-10H2. The molecule has 0 unspecified atom stereocenters. The second-order valence-corrected chi connectivity index (χ2v) is 4.84. The number of fused-ring (bicyclic) bond motifs is 2. The van der Waals surface area contributed by atoms with Crippen LogP contribution in [0.1, 0.15) is 22.3 Å². The van der Waals surface area contributed by atoms with Crippen LogP contribution in [0.25, 0.3) is 0 Å². The van der Waals surface area contributed by atoms with Crippen LogP contribution < -0.4 is 0 Å². The maximum Gasteiger partial charge on any atom is 0.00750 e. The molecular formula is C15H14S. The Bertz CT molecular complexity index is 529. The lowest BCUT2D eigenvalue weighted by Crippen LogP contribution is -1.93. The van der Waals surface area contributed by atoms with E-state index >= 15 is 0 Å². The van der Waals surface area contributed by atoms with Gasteiger partial charge in [-0.3, -0.25) is 0 Å². The first-order valence-electron chi connectivity index (χ1n) is 5.71. The van der Waals surface area contributed by atoms with Gasteiger partial charge in [0.1, 0.15) is 0 Å². The van der Waals surface area contributed by atoms with Crippen LogP contribution in [-0.4, -0.2) is 0 Å². The van der Waals surface area contributed by atoms with Crippen molar-refractivity contribution in [1.82, 2.24) is 0 Å². The van der Waals surface area contributed by atoms with E-state index in [2.05, 4.69) is 55.1 Å². The minimum absolute atomic E-state index is 1.06. The molecule has 0 spiro atoms. The van der Waals surface area contributed by atoms with E-state index in [0.29, 0.717) is 0 Å². The summed E-state index contributed by atoms with van der Waals surface area (Å²) >= 11 is 4.56. The lowest BCUT2D eigenvalue weighted by molar-refractivity contribution is 0.940. The molecule has 0 saturated heterocycles. The number of aryl methyl sites for hydroxylation is 1. The van der Waals surface area contributed by atoms with E-state index in [0.717, 1.165) is 24.2 Å². The minimum Gasteiger partial charge on any atom is -0.143 e. The molecule has 3 rings (SSSR count). The first-order valence-corrected chi connectivity index (χ1v) is 6.16. The summed E-state index contributed by atoms with van der Waals surface area (Å²) in [6.45, 7) is 0. The molecule has 0 bridgehead atoms. The summed E-state index contributed by atoms with van der Waals surface area (Å²) in [6, 6.07) is 15.2. The van der Waals surface area contributed by atoms with Crippen molar-refractivity contribution in [2.45, 2.75) is 24.2 Å². The zero-order valence-corrected chi connectivity index (χ0v) is 10.0. The van der Waals surface area contributed by atoms with Gasteiger partial charge in [-0.2, -0.15) is 0 Å². The maximum absolute atomic E-state index is 4.56. The molecule has 1 heteroatoms. The fraction of sp³-hybridized carbons (Fsp3) is 0.200. The van der Waals surface area contributed by atoms with Gasteiger partial charge in [0.15, 0.2) is 0 Å². The molecule has 0 nitrogen and oxygen atoms in total.